The molecule has 8 aromatic rings. The van der Waals surface area contributed by atoms with Gasteiger partial charge in [0, 0.05) is 0 Å². The minimum atomic E-state index is 0.401. The summed E-state index contributed by atoms with van der Waals surface area (Å²) >= 11 is 0. The number of nitrogens with zero attached hydrogens (tertiary/aromatic N) is 8. The zero-order valence-electron chi connectivity index (χ0n) is 23.1. The minimum absolute atomic E-state index is 0.401. The van der Waals surface area contributed by atoms with E-state index in [9.17, 15) is 0 Å². The highest BCUT2D eigenvalue weighted by molar-refractivity contribution is 5.76. The molecule has 4 aromatic carbocycles. The third kappa shape index (κ3) is 6.37. The summed E-state index contributed by atoms with van der Waals surface area (Å²) in [6, 6.07) is 30.5. The number of fused-ring (bicyclic) bond motifs is 4. The van der Waals surface area contributed by atoms with E-state index in [4.69, 9.17) is 14.3 Å². The largest absolute Gasteiger partial charge is 0.417 e. The highest BCUT2D eigenvalue weighted by Gasteiger charge is 2.06. The van der Waals surface area contributed by atoms with Crippen LogP contribution in [-0.2, 0) is 4.79 Å². The summed E-state index contributed by atoms with van der Waals surface area (Å²) in [7, 11) is 0. The van der Waals surface area contributed by atoms with Crippen LogP contribution in [0.4, 0.5) is 0 Å². The third-order valence-electron chi connectivity index (χ3n) is 6.12. The lowest BCUT2D eigenvalue weighted by Crippen LogP contribution is -1.94. The Hall–Kier alpha value is -6.49. The first kappa shape index (κ1) is 27.7. The van der Waals surface area contributed by atoms with Crippen molar-refractivity contribution in [3.8, 4) is 23.5 Å². The Morgan fingerprint density at radius 1 is 0.341 bits per heavy atom. The van der Waals surface area contributed by atoms with Gasteiger partial charge >= 0.3 is 0 Å². The van der Waals surface area contributed by atoms with E-state index >= 15 is 0 Å². The van der Waals surface area contributed by atoms with Gasteiger partial charge in [0.25, 0.3) is 0 Å². The number of aromatic nitrogens is 8. The number of benzene rings is 4. The van der Waals surface area contributed by atoms with Gasteiger partial charge in [0.2, 0.25) is 23.5 Å². The summed E-state index contributed by atoms with van der Waals surface area (Å²) in [5.41, 5.74) is 6.44. The maximum atomic E-state index is 8.00. The fourth-order valence-electron chi connectivity index (χ4n) is 4.17. The Bertz CT molecular complexity index is 1900. The molecule has 0 aliphatic carbocycles. The lowest BCUT2D eigenvalue weighted by molar-refractivity contribution is -0.0980. The van der Waals surface area contributed by atoms with Gasteiger partial charge in [0.15, 0.2) is 0 Å². The molecule has 0 fully saturated rings. The van der Waals surface area contributed by atoms with Crippen molar-refractivity contribution in [2.75, 3.05) is 0 Å². The highest BCUT2D eigenvalue weighted by Crippen LogP contribution is 2.22. The lowest BCUT2D eigenvalue weighted by Gasteiger charge is -2.05. The predicted molar refractivity (Wildman–Crippen MR) is 165 cm³/mol. The van der Waals surface area contributed by atoms with Gasteiger partial charge in [-0.3, -0.25) is 0 Å². The van der Waals surface area contributed by atoms with Gasteiger partial charge in [-0.2, -0.15) is 0 Å². The summed E-state index contributed by atoms with van der Waals surface area (Å²) in [6.07, 6.45) is 6.33. The zero-order chi connectivity index (χ0) is 30.1. The Morgan fingerprint density at radius 2 is 0.545 bits per heavy atom. The normalized spacial score (nSPS) is 10.5. The van der Waals surface area contributed by atoms with Crippen molar-refractivity contribution in [3.05, 3.63) is 122 Å². The second kappa shape index (κ2) is 13.0. The molecular weight excluding hydrogens is 556 g/mol. The SMILES string of the molecule is C=O.c1ccc2nc(Oc3cnc4ccccc4n3)cnc2c1.c1ccc2nc(Oc3cnc4ccccc4n3)cnc2c1. The third-order valence-corrected chi connectivity index (χ3v) is 6.12. The van der Waals surface area contributed by atoms with E-state index in [-0.39, 0.29) is 0 Å². The molecule has 0 saturated heterocycles. The Kier molecular flexibility index (Phi) is 8.17. The van der Waals surface area contributed by atoms with E-state index < -0.39 is 0 Å². The molecule has 0 spiro atoms. The van der Waals surface area contributed by atoms with Crippen molar-refractivity contribution in [1.29, 1.82) is 0 Å². The Balaban J connectivity index is 0.000000148. The molecule has 8 rings (SSSR count). The molecule has 0 saturated carbocycles. The number of para-hydroxylation sites is 8. The first-order valence-electron chi connectivity index (χ1n) is 13.3. The maximum absolute atomic E-state index is 8.00. The minimum Gasteiger partial charge on any atom is -0.417 e. The smallest absolute Gasteiger partial charge is 0.240 e. The fraction of sp³-hybridized carbons (Fsp3) is 0. The molecule has 212 valence electrons. The maximum Gasteiger partial charge on any atom is 0.240 e. The zero-order valence-corrected chi connectivity index (χ0v) is 23.1. The molecule has 0 aliphatic heterocycles. The molecule has 0 N–H and O–H groups in total. The van der Waals surface area contributed by atoms with Gasteiger partial charge in [-0.1, -0.05) is 48.5 Å². The van der Waals surface area contributed by atoms with Gasteiger partial charge in [0.1, 0.15) is 6.79 Å². The first-order valence-corrected chi connectivity index (χ1v) is 13.3. The average molecular weight is 579 g/mol. The van der Waals surface area contributed by atoms with E-state index in [1.807, 2.05) is 104 Å². The molecule has 0 amide bonds. The topological polar surface area (TPSA) is 139 Å². The van der Waals surface area contributed by atoms with Gasteiger partial charge in [0.05, 0.1) is 68.9 Å². The quantitative estimate of drug-likeness (QED) is 0.225. The second-order valence-electron chi connectivity index (χ2n) is 8.99. The van der Waals surface area contributed by atoms with Gasteiger partial charge in [-0.15, -0.1) is 0 Å². The standard InChI is InChI=1S/2C16H10N4O.CH2O/c2*1-3-7-13-11(5-1)17-9-15(19-13)21-16-10-18-12-6-2-4-8-14(12)20-16;1-2/h2*1-10H;1H2. The van der Waals surface area contributed by atoms with E-state index in [0.717, 1.165) is 44.1 Å². The molecule has 0 atom stereocenters. The van der Waals surface area contributed by atoms with Crippen LogP contribution in [0.1, 0.15) is 0 Å². The van der Waals surface area contributed by atoms with Gasteiger partial charge < -0.3 is 14.3 Å². The molecule has 0 bridgehead atoms. The molecule has 0 unspecified atom stereocenters. The van der Waals surface area contributed by atoms with Crippen molar-refractivity contribution in [2.24, 2.45) is 0 Å². The lowest BCUT2D eigenvalue weighted by atomic mass is 10.3. The predicted octanol–water partition coefficient (Wildman–Crippen LogP) is 6.55. The van der Waals surface area contributed by atoms with Crippen LogP contribution in [0.5, 0.6) is 23.5 Å². The molecule has 44 heavy (non-hydrogen) atoms. The van der Waals surface area contributed by atoms with Crippen LogP contribution in [0.3, 0.4) is 0 Å². The number of hydrogen-bond acceptors (Lipinski definition) is 11. The molecule has 11 heteroatoms. The first-order chi connectivity index (χ1) is 21.8. The summed E-state index contributed by atoms with van der Waals surface area (Å²) < 4.78 is 11.3. The molecule has 0 radical (unpaired) electrons. The van der Waals surface area contributed by atoms with Crippen molar-refractivity contribution >= 4 is 50.9 Å². The average Bonchev–Trinajstić information content (AvgIpc) is 3.09. The van der Waals surface area contributed by atoms with Gasteiger partial charge in [-0.25, -0.2) is 39.9 Å². The van der Waals surface area contributed by atoms with Crippen LogP contribution in [0.25, 0.3) is 44.1 Å². The number of carbonyl (C=O) groups excluding carboxylic acids is 1. The van der Waals surface area contributed by atoms with Crippen molar-refractivity contribution in [3.63, 3.8) is 0 Å². The molecular formula is C33H22N8O3. The van der Waals surface area contributed by atoms with Crippen LogP contribution < -0.4 is 9.47 Å². The van der Waals surface area contributed by atoms with E-state index in [1.165, 1.54) is 0 Å². The number of rotatable bonds is 4. The molecule has 4 heterocycles. The van der Waals surface area contributed by atoms with Crippen LogP contribution in [0, 0.1) is 0 Å². The van der Waals surface area contributed by atoms with Crippen LogP contribution in [0.2, 0.25) is 0 Å². The summed E-state index contributed by atoms with van der Waals surface area (Å²) in [6.45, 7) is 2.00. The molecule has 4 aromatic heterocycles. The summed E-state index contributed by atoms with van der Waals surface area (Å²) in [5, 5.41) is 0. The van der Waals surface area contributed by atoms with E-state index in [2.05, 4.69) is 39.9 Å². The van der Waals surface area contributed by atoms with E-state index in [1.54, 1.807) is 24.8 Å². The fourth-order valence-corrected chi connectivity index (χ4v) is 4.17. The van der Waals surface area contributed by atoms with Crippen molar-refractivity contribution < 1.29 is 14.3 Å². The van der Waals surface area contributed by atoms with Crippen molar-refractivity contribution in [1.82, 2.24) is 39.9 Å². The monoisotopic (exact) mass is 578 g/mol. The van der Waals surface area contributed by atoms with E-state index in [0.29, 0.717) is 23.5 Å². The highest BCUT2D eigenvalue weighted by atomic mass is 16.5. The number of hydrogen-bond donors (Lipinski definition) is 0. The van der Waals surface area contributed by atoms with Crippen LogP contribution in [-0.4, -0.2) is 46.7 Å². The molecule has 0 aliphatic rings. The van der Waals surface area contributed by atoms with Gasteiger partial charge in [-0.05, 0) is 48.5 Å². The summed E-state index contributed by atoms with van der Waals surface area (Å²) in [4.78, 5) is 42.8. The number of carbonyl (C=O) groups is 1. The van der Waals surface area contributed by atoms with Crippen molar-refractivity contribution in [2.45, 2.75) is 0 Å². The second-order valence-corrected chi connectivity index (χ2v) is 8.99. The summed E-state index contributed by atoms with van der Waals surface area (Å²) in [5.74, 6) is 1.60. The number of ether oxygens (including phenoxy) is 2. The van der Waals surface area contributed by atoms with Crippen LogP contribution >= 0.6 is 0 Å². The Morgan fingerprint density at radius 3 is 0.773 bits per heavy atom. The molecule has 11 nitrogen and oxygen atoms in total. The Labute approximate surface area is 250 Å². The van der Waals surface area contributed by atoms with Crippen LogP contribution in [0.15, 0.2) is 122 Å².